The molecule has 0 radical (unpaired) electrons. The molecule has 0 fully saturated rings. The summed E-state index contributed by atoms with van der Waals surface area (Å²) < 4.78 is 6.30. The molecule has 16 heavy (non-hydrogen) atoms. The summed E-state index contributed by atoms with van der Waals surface area (Å²) in [5.74, 6) is -0.458. The molecular weight excluding hydrogens is 228 g/mol. The van der Waals surface area contributed by atoms with Gasteiger partial charge in [-0.1, -0.05) is 20.8 Å². The summed E-state index contributed by atoms with van der Waals surface area (Å²) in [7, 11) is 3.13. The molecule has 0 aliphatic carbocycles. The van der Waals surface area contributed by atoms with E-state index in [-0.39, 0.29) is 5.41 Å². The number of ether oxygens (including phenoxy) is 1. The predicted molar refractivity (Wildman–Crippen MR) is 62.5 cm³/mol. The summed E-state index contributed by atoms with van der Waals surface area (Å²) >= 11 is 6.05. The number of alkyl halides is 1. The first-order valence-corrected chi connectivity index (χ1v) is 5.47. The summed E-state index contributed by atoms with van der Waals surface area (Å²) in [6, 6.07) is 0. The number of esters is 1. The fourth-order valence-corrected chi connectivity index (χ4v) is 1.75. The zero-order valence-corrected chi connectivity index (χ0v) is 11.0. The SMILES string of the molecule is COC(=O)C(Cl)c1cn(C)nc1C(C)(C)C. The predicted octanol–water partition coefficient (Wildman–Crippen LogP) is 2.17. The number of aromatic nitrogens is 2. The molecule has 1 unspecified atom stereocenters. The smallest absolute Gasteiger partial charge is 0.328 e. The Morgan fingerprint density at radius 2 is 2.12 bits per heavy atom. The molecule has 4 nitrogen and oxygen atoms in total. The van der Waals surface area contributed by atoms with E-state index < -0.39 is 11.3 Å². The lowest BCUT2D eigenvalue weighted by Gasteiger charge is -2.18. The van der Waals surface area contributed by atoms with E-state index in [1.807, 2.05) is 20.8 Å². The monoisotopic (exact) mass is 244 g/mol. The molecule has 0 spiro atoms. The molecule has 1 rings (SSSR count). The van der Waals surface area contributed by atoms with Crippen LogP contribution in [0.25, 0.3) is 0 Å². The van der Waals surface area contributed by atoms with Crippen LogP contribution in [0.2, 0.25) is 0 Å². The average Bonchev–Trinajstić information content (AvgIpc) is 2.57. The first-order valence-electron chi connectivity index (χ1n) is 5.03. The minimum Gasteiger partial charge on any atom is -0.468 e. The maximum Gasteiger partial charge on any atom is 0.328 e. The number of methoxy groups -OCH3 is 1. The van der Waals surface area contributed by atoms with Gasteiger partial charge in [0.15, 0.2) is 5.38 Å². The molecule has 1 aromatic heterocycles. The van der Waals surface area contributed by atoms with Crippen molar-refractivity contribution in [1.82, 2.24) is 9.78 Å². The molecule has 0 amide bonds. The van der Waals surface area contributed by atoms with Crippen LogP contribution in [0.4, 0.5) is 0 Å². The van der Waals surface area contributed by atoms with Crippen molar-refractivity contribution >= 4 is 17.6 Å². The van der Waals surface area contributed by atoms with E-state index >= 15 is 0 Å². The van der Waals surface area contributed by atoms with Gasteiger partial charge in [-0.3, -0.25) is 9.48 Å². The Kier molecular flexibility index (Phi) is 3.63. The number of rotatable bonds is 2. The van der Waals surface area contributed by atoms with Crippen molar-refractivity contribution in [1.29, 1.82) is 0 Å². The van der Waals surface area contributed by atoms with Crippen LogP contribution in [0.1, 0.15) is 37.4 Å². The zero-order valence-electron chi connectivity index (χ0n) is 10.2. The molecule has 1 aromatic rings. The second kappa shape index (κ2) is 4.45. The number of hydrogen-bond donors (Lipinski definition) is 0. The van der Waals surface area contributed by atoms with Gasteiger partial charge in [-0.15, -0.1) is 11.6 Å². The third kappa shape index (κ3) is 2.55. The van der Waals surface area contributed by atoms with Gasteiger partial charge in [0.1, 0.15) is 0 Å². The van der Waals surface area contributed by atoms with Crippen molar-refractivity contribution in [2.45, 2.75) is 31.6 Å². The van der Waals surface area contributed by atoms with Crippen molar-refractivity contribution in [3.05, 3.63) is 17.5 Å². The topological polar surface area (TPSA) is 44.1 Å². The summed E-state index contributed by atoms with van der Waals surface area (Å²) in [5, 5.41) is 3.55. The minimum atomic E-state index is -0.798. The summed E-state index contributed by atoms with van der Waals surface area (Å²) in [6.07, 6.45) is 1.76. The van der Waals surface area contributed by atoms with Crippen LogP contribution >= 0.6 is 11.6 Å². The molecule has 0 saturated carbocycles. The van der Waals surface area contributed by atoms with Gasteiger partial charge in [-0.2, -0.15) is 5.10 Å². The molecule has 1 heterocycles. The maximum absolute atomic E-state index is 11.4. The highest BCUT2D eigenvalue weighted by Crippen LogP contribution is 2.31. The van der Waals surface area contributed by atoms with Crippen LogP contribution in [-0.4, -0.2) is 22.9 Å². The Labute approximate surface area is 101 Å². The first-order chi connectivity index (χ1) is 7.27. The molecular formula is C11H17ClN2O2. The van der Waals surface area contributed by atoms with Crippen molar-refractivity contribution in [2.75, 3.05) is 7.11 Å². The number of carbonyl (C=O) groups excluding carboxylic acids is 1. The summed E-state index contributed by atoms with van der Waals surface area (Å²) in [4.78, 5) is 11.4. The van der Waals surface area contributed by atoms with E-state index in [4.69, 9.17) is 11.6 Å². The molecule has 0 aromatic carbocycles. The molecule has 0 bridgehead atoms. The second-order valence-corrected chi connectivity index (χ2v) is 5.18. The minimum absolute atomic E-state index is 0.155. The van der Waals surface area contributed by atoms with E-state index in [1.165, 1.54) is 7.11 Å². The largest absolute Gasteiger partial charge is 0.468 e. The van der Waals surface area contributed by atoms with Crippen LogP contribution in [0.5, 0.6) is 0 Å². The Balaban J connectivity index is 3.18. The first kappa shape index (κ1) is 13.0. The number of halogens is 1. The maximum atomic E-state index is 11.4. The lowest BCUT2D eigenvalue weighted by Crippen LogP contribution is -2.18. The highest BCUT2D eigenvalue weighted by Gasteiger charge is 2.29. The molecule has 0 aliphatic heterocycles. The Bertz CT molecular complexity index is 393. The van der Waals surface area contributed by atoms with E-state index in [2.05, 4.69) is 9.84 Å². The van der Waals surface area contributed by atoms with Crippen molar-refractivity contribution < 1.29 is 9.53 Å². The van der Waals surface area contributed by atoms with E-state index in [9.17, 15) is 4.79 Å². The van der Waals surface area contributed by atoms with Crippen LogP contribution in [0.3, 0.4) is 0 Å². The van der Waals surface area contributed by atoms with Crippen molar-refractivity contribution in [3.8, 4) is 0 Å². The highest BCUT2D eigenvalue weighted by atomic mass is 35.5. The van der Waals surface area contributed by atoms with Crippen LogP contribution in [-0.2, 0) is 22.0 Å². The summed E-state index contributed by atoms with van der Waals surface area (Å²) in [6.45, 7) is 6.08. The van der Waals surface area contributed by atoms with E-state index in [1.54, 1.807) is 17.9 Å². The summed E-state index contributed by atoms with van der Waals surface area (Å²) in [5.41, 5.74) is 1.38. The van der Waals surface area contributed by atoms with Crippen LogP contribution in [0.15, 0.2) is 6.20 Å². The molecule has 0 saturated heterocycles. The number of nitrogens with zero attached hydrogens (tertiary/aromatic N) is 2. The quantitative estimate of drug-likeness (QED) is 0.592. The molecule has 5 heteroatoms. The highest BCUT2D eigenvalue weighted by molar-refractivity contribution is 6.30. The van der Waals surface area contributed by atoms with E-state index in [0.29, 0.717) is 5.56 Å². The van der Waals surface area contributed by atoms with Crippen molar-refractivity contribution in [2.24, 2.45) is 7.05 Å². The van der Waals surface area contributed by atoms with Gasteiger partial charge < -0.3 is 4.74 Å². The van der Waals surface area contributed by atoms with Gasteiger partial charge in [0.05, 0.1) is 12.8 Å². The standard InChI is InChI=1S/C11H17ClN2O2/c1-11(2,3)9-7(6-14(4)13-9)8(12)10(15)16-5/h6,8H,1-5H3. The Hall–Kier alpha value is -1.03. The van der Waals surface area contributed by atoms with Gasteiger partial charge in [-0.05, 0) is 0 Å². The Morgan fingerprint density at radius 1 is 1.56 bits per heavy atom. The van der Waals surface area contributed by atoms with Gasteiger partial charge in [0.25, 0.3) is 0 Å². The van der Waals surface area contributed by atoms with Crippen LogP contribution < -0.4 is 0 Å². The third-order valence-electron chi connectivity index (χ3n) is 2.25. The van der Waals surface area contributed by atoms with Gasteiger partial charge in [0, 0.05) is 24.2 Å². The lowest BCUT2D eigenvalue weighted by atomic mass is 9.89. The number of carbonyl (C=O) groups is 1. The molecule has 0 N–H and O–H groups in total. The van der Waals surface area contributed by atoms with Crippen LogP contribution in [0, 0.1) is 0 Å². The average molecular weight is 245 g/mol. The normalized spacial score (nSPS) is 13.6. The Morgan fingerprint density at radius 3 is 2.56 bits per heavy atom. The van der Waals surface area contributed by atoms with Crippen molar-refractivity contribution in [3.63, 3.8) is 0 Å². The zero-order chi connectivity index (χ0) is 12.5. The number of hydrogen-bond acceptors (Lipinski definition) is 3. The molecule has 90 valence electrons. The van der Waals surface area contributed by atoms with Gasteiger partial charge in [0.2, 0.25) is 0 Å². The van der Waals surface area contributed by atoms with E-state index in [0.717, 1.165) is 5.69 Å². The fourth-order valence-electron chi connectivity index (χ4n) is 1.51. The third-order valence-corrected chi connectivity index (χ3v) is 2.66. The fraction of sp³-hybridized carbons (Fsp3) is 0.636. The number of aryl methyl sites for hydroxylation is 1. The molecule has 0 aliphatic rings. The lowest BCUT2D eigenvalue weighted by molar-refractivity contribution is -0.140. The van der Waals surface area contributed by atoms with Gasteiger partial charge in [-0.25, -0.2) is 0 Å². The van der Waals surface area contributed by atoms with Gasteiger partial charge >= 0.3 is 5.97 Å². The molecule has 1 atom stereocenters. The second-order valence-electron chi connectivity index (χ2n) is 4.74.